The van der Waals surface area contributed by atoms with E-state index in [1.165, 1.54) is 24.4 Å². The standard InChI is InChI=1S/C17H17N5O5S/c1-21-8-11(7-18-21)9-22-15(24)13-6-12(2-3-14(13)19-16(22)25)28(26,27)20-17(10-23)4-5-17/h2-3,6-8,10,12,20H,4-5,9H2,1H3. The van der Waals surface area contributed by atoms with Crippen LogP contribution in [0.3, 0.4) is 0 Å². The van der Waals surface area contributed by atoms with Crippen LogP contribution < -0.4 is 4.72 Å². The number of sulfonamides is 1. The molecular weight excluding hydrogens is 386 g/mol. The number of carbonyl (C=O) groups excluding carboxylic acids is 3. The minimum absolute atomic E-state index is 0.0206. The van der Waals surface area contributed by atoms with Gasteiger partial charge in [-0.2, -0.15) is 10.1 Å². The number of urea groups is 1. The Morgan fingerprint density at radius 2 is 2.11 bits per heavy atom. The molecule has 0 radical (unpaired) electrons. The fraction of sp³-hybridized carbons (Fsp3) is 0.353. The lowest BCUT2D eigenvalue weighted by molar-refractivity contribution is -0.124. The van der Waals surface area contributed by atoms with Crippen LogP contribution in [0.4, 0.5) is 4.79 Å². The molecule has 3 aliphatic rings. The molecule has 146 valence electrons. The summed E-state index contributed by atoms with van der Waals surface area (Å²) in [6, 6.07) is -0.719. The topological polar surface area (TPSA) is 131 Å². The van der Waals surface area contributed by atoms with Gasteiger partial charge in [0.05, 0.1) is 29.6 Å². The molecule has 0 bridgehead atoms. The van der Waals surface area contributed by atoms with Crippen LogP contribution in [0.2, 0.25) is 0 Å². The number of carbonyl (C=O) groups is 3. The number of rotatable bonds is 6. The minimum Gasteiger partial charge on any atom is -0.301 e. The first-order chi connectivity index (χ1) is 13.2. The molecule has 10 nitrogen and oxygen atoms in total. The lowest BCUT2D eigenvalue weighted by atomic mass is 10.0. The maximum atomic E-state index is 12.8. The summed E-state index contributed by atoms with van der Waals surface area (Å²) in [6.07, 6.45) is 8.62. The number of fused-ring (bicyclic) bond motifs is 1. The number of amides is 3. The van der Waals surface area contributed by atoms with Gasteiger partial charge in [0.15, 0.2) is 0 Å². The van der Waals surface area contributed by atoms with Crippen molar-refractivity contribution in [1.29, 1.82) is 0 Å². The Morgan fingerprint density at radius 1 is 1.36 bits per heavy atom. The highest BCUT2D eigenvalue weighted by Crippen LogP contribution is 2.34. The third-order valence-electron chi connectivity index (χ3n) is 4.79. The minimum atomic E-state index is -3.92. The van der Waals surface area contributed by atoms with Crippen LogP contribution in [0.25, 0.3) is 0 Å². The van der Waals surface area contributed by atoms with Gasteiger partial charge in [0.25, 0.3) is 5.91 Å². The second-order valence-corrected chi connectivity index (χ2v) is 8.86. The van der Waals surface area contributed by atoms with E-state index in [0.29, 0.717) is 24.7 Å². The van der Waals surface area contributed by atoms with Crippen molar-refractivity contribution in [3.05, 3.63) is 41.8 Å². The number of aryl methyl sites for hydroxylation is 1. The van der Waals surface area contributed by atoms with E-state index in [1.807, 2.05) is 0 Å². The number of nitrogens with zero attached hydrogens (tertiary/aromatic N) is 4. The SMILES string of the molecule is Cn1cc(CN2C(=O)N=C3C=CC(S(=O)(=O)NC4(C=O)CC4)C=C3C2=O)cn1. The molecule has 4 rings (SSSR count). The Labute approximate surface area is 160 Å². The molecule has 1 N–H and O–H groups in total. The van der Waals surface area contributed by atoms with E-state index in [1.54, 1.807) is 17.9 Å². The van der Waals surface area contributed by atoms with Crippen molar-refractivity contribution in [3.8, 4) is 0 Å². The predicted octanol–water partition coefficient (Wildman–Crippen LogP) is -0.161. The number of aliphatic imine (C=N–C) groups is 1. The first-order valence-corrected chi connectivity index (χ1v) is 10.1. The number of hydrogen-bond acceptors (Lipinski definition) is 6. The number of allylic oxidation sites excluding steroid dienone is 1. The highest BCUT2D eigenvalue weighted by Gasteiger charge is 2.47. The van der Waals surface area contributed by atoms with Crippen LogP contribution in [0.5, 0.6) is 0 Å². The lowest BCUT2D eigenvalue weighted by Crippen LogP contribution is -2.45. The Morgan fingerprint density at radius 3 is 2.71 bits per heavy atom. The molecule has 11 heteroatoms. The molecule has 0 aromatic carbocycles. The van der Waals surface area contributed by atoms with Crippen LogP contribution in [0.1, 0.15) is 18.4 Å². The number of hydrogen-bond donors (Lipinski definition) is 1. The van der Waals surface area contributed by atoms with Crippen molar-refractivity contribution in [2.45, 2.75) is 30.2 Å². The average Bonchev–Trinajstić information content (AvgIpc) is 3.29. The van der Waals surface area contributed by atoms with E-state index in [2.05, 4.69) is 14.8 Å². The molecule has 3 amide bonds. The molecule has 1 aromatic rings. The summed E-state index contributed by atoms with van der Waals surface area (Å²) in [7, 11) is -2.21. The van der Waals surface area contributed by atoms with Crippen molar-refractivity contribution < 1.29 is 22.8 Å². The maximum absolute atomic E-state index is 12.8. The quantitative estimate of drug-likeness (QED) is 0.657. The molecule has 1 fully saturated rings. The highest BCUT2D eigenvalue weighted by atomic mass is 32.2. The van der Waals surface area contributed by atoms with E-state index in [9.17, 15) is 22.8 Å². The smallest absolute Gasteiger partial charge is 0.301 e. The van der Waals surface area contributed by atoms with Crippen molar-refractivity contribution in [1.82, 2.24) is 19.4 Å². The van der Waals surface area contributed by atoms with Gasteiger partial charge < -0.3 is 4.79 Å². The van der Waals surface area contributed by atoms with E-state index in [0.717, 1.165) is 4.90 Å². The number of imide groups is 1. The summed E-state index contributed by atoms with van der Waals surface area (Å²) in [6.45, 7) is -0.0206. The van der Waals surface area contributed by atoms with E-state index in [-0.39, 0.29) is 17.8 Å². The molecule has 1 saturated carbocycles. The molecule has 0 saturated heterocycles. The summed E-state index contributed by atoms with van der Waals surface area (Å²) in [5.74, 6) is -0.625. The van der Waals surface area contributed by atoms with E-state index < -0.39 is 32.8 Å². The van der Waals surface area contributed by atoms with Crippen LogP contribution in [-0.4, -0.2) is 57.8 Å². The Hall–Kier alpha value is -2.92. The number of nitrogens with one attached hydrogen (secondary N) is 1. The summed E-state index contributed by atoms with van der Waals surface area (Å²) >= 11 is 0. The van der Waals surface area contributed by atoms with Crippen molar-refractivity contribution in [3.63, 3.8) is 0 Å². The van der Waals surface area contributed by atoms with Crippen molar-refractivity contribution in [2.75, 3.05) is 0 Å². The van der Waals surface area contributed by atoms with Gasteiger partial charge in [-0.15, -0.1) is 0 Å². The maximum Gasteiger partial charge on any atom is 0.351 e. The zero-order valence-corrected chi connectivity index (χ0v) is 15.7. The summed E-state index contributed by atoms with van der Waals surface area (Å²) in [4.78, 5) is 41.0. The number of aromatic nitrogens is 2. The molecule has 28 heavy (non-hydrogen) atoms. The van der Waals surface area contributed by atoms with Gasteiger partial charge in [0, 0.05) is 18.8 Å². The first kappa shape index (κ1) is 18.4. The second kappa shape index (κ2) is 6.31. The molecule has 1 aromatic heterocycles. The van der Waals surface area contributed by atoms with Crippen molar-refractivity contribution in [2.24, 2.45) is 12.0 Å². The van der Waals surface area contributed by atoms with Crippen LogP contribution in [-0.2, 0) is 33.2 Å². The van der Waals surface area contributed by atoms with Crippen LogP contribution in [0, 0.1) is 0 Å². The Kier molecular flexibility index (Phi) is 4.16. The summed E-state index contributed by atoms with van der Waals surface area (Å²) < 4.78 is 29.2. The first-order valence-electron chi connectivity index (χ1n) is 8.55. The van der Waals surface area contributed by atoms with Gasteiger partial charge in [-0.3, -0.25) is 14.4 Å². The third-order valence-corrected chi connectivity index (χ3v) is 6.49. The van der Waals surface area contributed by atoms with Crippen LogP contribution >= 0.6 is 0 Å². The molecular formula is C17H17N5O5S. The fourth-order valence-electron chi connectivity index (χ4n) is 3.05. The average molecular weight is 403 g/mol. The molecule has 2 heterocycles. The molecule has 1 atom stereocenters. The Bertz CT molecular complexity index is 1080. The normalized spacial score (nSPS) is 23.2. The zero-order valence-electron chi connectivity index (χ0n) is 14.9. The fourth-order valence-corrected chi connectivity index (χ4v) is 4.61. The molecule has 1 unspecified atom stereocenters. The lowest BCUT2D eigenvalue weighted by Gasteiger charge is -2.27. The van der Waals surface area contributed by atoms with Gasteiger partial charge in [-0.25, -0.2) is 17.9 Å². The van der Waals surface area contributed by atoms with Gasteiger partial charge in [-0.1, -0.05) is 6.08 Å². The summed E-state index contributed by atoms with van der Waals surface area (Å²) in [5, 5.41) is 2.85. The third kappa shape index (κ3) is 3.22. The van der Waals surface area contributed by atoms with Crippen molar-refractivity contribution >= 4 is 34.0 Å². The molecule has 2 aliphatic carbocycles. The monoisotopic (exact) mass is 403 g/mol. The largest absolute Gasteiger partial charge is 0.351 e. The highest BCUT2D eigenvalue weighted by molar-refractivity contribution is 7.90. The Balaban J connectivity index is 1.61. The van der Waals surface area contributed by atoms with Gasteiger partial charge in [-0.05, 0) is 25.0 Å². The summed E-state index contributed by atoms with van der Waals surface area (Å²) in [5.41, 5.74) is -0.238. The zero-order chi connectivity index (χ0) is 20.1. The van der Waals surface area contributed by atoms with E-state index in [4.69, 9.17) is 0 Å². The number of aldehydes is 1. The second-order valence-electron chi connectivity index (χ2n) is 7.02. The molecule has 0 spiro atoms. The van der Waals surface area contributed by atoms with Gasteiger partial charge >= 0.3 is 6.03 Å². The van der Waals surface area contributed by atoms with Crippen LogP contribution in [0.15, 0.2) is 41.2 Å². The van der Waals surface area contributed by atoms with Gasteiger partial charge in [0.1, 0.15) is 11.5 Å². The van der Waals surface area contributed by atoms with E-state index >= 15 is 0 Å². The van der Waals surface area contributed by atoms with Gasteiger partial charge in [0.2, 0.25) is 10.0 Å². The molecule has 1 aliphatic heterocycles. The predicted molar refractivity (Wildman–Crippen MR) is 97.7 cm³/mol.